The van der Waals surface area contributed by atoms with Crippen LogP contribution in [0.15, 0.2) is 23.4 Å². The monoisotopic (exact) mass is 112 g/mol. The third-order valence-electron chi connectivity index (χ3n) is 1.05. The van der Waals surface area contributed by atoms with Crippen LogP contribution in [0.5, 0.6) is 0 Å². The fraction of sp³-hybridized carbons (Fsp3) is 0.200. The average Bonchev–Trinajstić information content (AvgIpc) is 2.14. The smallest absolute Gasteiger partial charge is 0.184 e. The molecule has 0 unspecified atom stereocenters. The van der Waals surface area contributed by atoms with Crippen LogP contribution in [-0.4, -0.2) is 14.6 Å². The van der Waals surface area contributed by atoms with E-state index in [9.17, 15) is 0 Å². The van der Waals surface area contributed by atoms with Gasteiger partial charge in [-0.05, 0) is 6.42 Å². The van der Waals surface area contributed by atoms with Gasteiger partial charge in [-0.3, -0.25) is 0 Å². The molecule has 0 saturated heterocycles. The normalized spacial score (nSPS) is 19.3. The molecule has 1 aliphatic rings. The molecule has 7 heavy (non-hydrogen) atoms. The lowest BCUT2D eigenvalue weighted by atomic mass is 10.5. The third kappa shape index (κ3) is 1.01. The number of hydrogen-bond donors (Lipinski definition) is 1. The van der Waals surface area contributed by atoms with E-state index >= 15 is 0 Å². The van der Waals surface area contributed by atoms with E-state index in [1.54, 1.807) is 0 Å². The molecule has 0 bridgehead atoms. The highest BCUT2D eigenvalue weighted by Crippen LogP contribution is 2.06. The van der Waals surface area contributed by atoms with Gasteiger partial charge in [0.1, 0.15) is 0 Å². The lowest BCUT2D eigenvalue weighted by molar-refractivity contribution is 0.610. The molecule has 2 heteroatoms. The van der Waals surface area contributed by atoms with Gasteiger partial charge in [-0.1, -0.05) is 23.4 Å². The van der Waals surface area contributed by atoms with Gasteiger partial charge in [-0.15, -0.1) is 0 Å². The second-order valence-electron chi connectivity index (χ2n) is 1.62. The summed E-state index contributed by atoms with van der Waals surface area (Å²) in [5.74, 6) is 0. The van der Waals surface area contributed by atoms with Gasteiger partial charge in [-0.2, -0.15) is 0 Å². The molecule has 1 rings (SSSR count). The number of allylic oxidation sites excluding steroid dienone is 4. The van der Waals surface area contributed by atoms with E-state index in [1.165, 1.54) is 5.20 Å². The summed E-state index contributed by atoms with van der Waals surface area (Å²) in [7, 11) is -0.811. The van der Waals surface area contributed by atoms with E-state index in [2.05, 4.69) is 6.08 Å². The molecule has 0 aliphatic heterocycles. The molecule has 1 aliphatic carbocycles. The summed E-state index contributed by atoms with van der Waals surface area (Å²) in [6.45, 7) is 0. The maximum absolute atomic E-state index is 8.60. The van der Waals surface area contributed by atoms with Crippen LogP contribution in [0.2, 0.25) is 0 Å². The first-order valence-electron chi connectivity index (χ1n) is 2.39. The molecule has 0 atom stereocenters. The molecule has 0 saturated carbocycles. The van der Waals surface area contributed by atoms with Crippen molar-refractivity contribution in [3.05, 3.63) is 23.4 Å². The summed E-state index contributed by atoms with van der Waals surface area (Å²) >= 11 is 0. The van der Waals surface area contributed by atoms with Gasteiger partial charge in [0.2, 0.25) is 0 Å². The van der Waals surface area contributed by atoms with Crippen LogP contribution < -0.4 is 0 Å². The summed E-state index contributed by atoms with van der Waals surface area (Å²) in [6.07, 6.45) is 7.08. The van der Waals surface area contributed by atoms with E-state index in [4.69, 9.17) is 4.80 Å². The highest BCUT2D eigenvalue weighted by atomic mass is 28.2. The minimum atomic E-state index is -0.811. The van der Waals surface area contributed by atoms with Crippen LogP contribution in [0, 0.1) is 0 Å². The van der Waals surface area contributed by atoms with Crippen LogP contribution in [0.25, 0.3) is 0 Å². The van der Waals surface area contributed by atoms with Crippen molar-refractivity contribution in [2.45, 2.75) is 6.42 Å². The molecule has 0 fully saturated rings. The van der Waals surface area contributed by atoms with Crippen LogP contribution in [0.4, 0.5) is 0 Å². The Morgan fingerprint density at radius 3 is 2.86 bits per heavy atom. The molecule has 1 N–H and O–H groups in total. The molecule has 0 amide bonds. The third-order valence-corrected chi connectivity index (χ3v) is 1.98. The van der Waals surface area contributed by atoms with Crippen molar-refractivity contribution >= 4 is 9.76 Å². The van der Waals surface area contributed by atoms with Crippen molar-refractivity contribution in [3.8, 4) is 0 Å². The molecule has 38 valence electrons. The molecule has 0 spiro atoms. The predicted molar refractivity (Wildman–Crippen MR) is 32.6 cm³/mol. The first kappa shape index (κ1) is 4.81. The van der Waals surface area contributed by atoms with Gasteiger partial charge >= 0.3 is 0 Å². The topological polar surface area (TPSA) is 20.2 Å². The Labute approximate surface area is 45.3 Å². The number of hydrogen-bond acceptors (Lipinski definition) is 1. The van der Waals surface area contributed by atoms with Gasteiger partial charge in [0.25, 0.3) is 0 Å². The molecule has 0 aromatic rings. The van der Waals surface area contributed by atoms with Gasteiger partial charge in [-0.25, -0.2) is 0 Å². The van der Waals surface area contributed by atoms with Crippen molar-refractivity contribution in [3.63, 3.8) is 0 Å². The predicted octanol–water partition coefficient (Wildman–Crippen LogP) is -0.0937. The maximum Gasteiger partial charge on any atom is 0.184 e. The fourth-order valence-corrected chi connectivity index (χ4v) is 1.15. The van der Waals surface area contributed by atoms with Crippen molar-refractivity contribution < 1.29 is 4.80 Å². The zero-order valence-electron chi connectivity index (χ0n) is 4.09. The van der Waals surface area contributed by atoms with E-state index in [0.29, 0.717) is 0 Å². The SMILES string of the molecule is O[SiH2]C1=CC=CC1. The Morgan fingerprint density at radius 1 is 1.71 bits per heavy atom. The Kier molecular flexibility index (Phi) is 1.44. The summed E-state index contributed by atoms with van der Waals surface area (Å²) in [5.41, 5.74) is 0. The maximum atomic E-state index is 8.60. The van der Waals surface area contributed by atoms with Crippen molar-refractivity contribution in [2.75, 3.05) is 0 Å². The van der Waals surface area contributed by atoms with Crippen molar-refractivity contribution in [1.82, 2.24) is 0 Å². The standard InChI is InChI=1S/C5H8OSi/c6-7-5-3-1-2-4-5/h1-3,6H,4,7H2. The van der Waals surface area contributed by atoms with E-state index in [-0.39, 0.29) is 0 Å². The summed E-state index contributed by atoms with van der Waals surface area (Å²) in [5, 5.41) is 1.25. The second kappa shape index (κ2) is 2.09. The number of rotatable bonds is 1. The van der Waals surface area contributed by atoms with Crippen molar-refractivity contribution in [1.29, 1.82) is 0 Å². The summed E-state index contributed by atoms with van der Waals surface area (Å²) < 4.78 is 0. The molecular formula is C5H8OSi. The van der Waals surface area contributed by atoms with Gasteiger partial charge in [0.05, 0.1) is 0 Å². The Balaban J connectivity index is 2.45. The van der Waals surface area contributed by atoms with E-state index in [0.717, 1.165) is 6.42 Å². The molecule has 0 aromatic carbocycles. The molecule has 1 nitrogen and oxygen atoms in total. The minimum absolute atomic E-state index is 0.811. The molecule has 0 heterocycles. The molecule has 0 aromatic heterocycles. The highest BCUT2D eigenvalue weighted by Gasteiger charge is 1.94. The van der Waals surface area contributed by atoms with Crippen LogP contribution in [0.1, 0.15) is 6.42 Å². The summed E-state index contributed by atoms with van der Waals surface area (Å²) in [6, 6.07) is 0. The highest BCUT2D eigenvalue weighted by molar-refractivity contribution is 6.36. The molecular weight excluding hydrogens is 104 g/mol. The Hall–Kier alpha value is -0.343. The largest absolute Gasteiger partial charge is 0.434 e. The quantitative estimate of drug-likeness (QED) is 0.470. The zero-order chi connectivity index (χ0) is 5.11. The second-order valence-corrected chi connectivity index (χ2v) is 2.84. The van der Waals surface area contributed by atoms with Gasteiger partial charge in [0.15, 0.2) is 9.76 Å². The van der Waals surface area contributed by atoms with E-state index in [1.807, 2.05) is 12.2 Å². The first-order valence-corrected chi connectivity index (χ1v) is 3.73. The van der Waals surface area contributed by atoms with Crippen LogP contribution >= 0.6 is 0 Å². The lowest BCUT2D eigenvalue weighted by Crippen LogP contribution is -1.89. The van der Waals surface area contributed by atoms with E-state index < -0.39 is 9.76 Å². The fourth-order valence-electron chi connectivity index (χ4n) is 0.609. The van der Waals surface area contributed by atoms with Crippen molar-refractivity contribution in [2.24, 2.45) is 0 Å². The van der Waals surface area contributed by atoms with Gasteiger partial charge < -0.3 is 4.80 Å². The van der Waals surface area contributed by atoms with Crippen LogP contribution in [-0.2, 0) is 0 Å². The Bertz CT molecular complexity index is 115. The lowest BCUT2D eigenvalue weighted by Gasteiger charge is -1.86. The first-order chi connectivity index (χ1) is 3.43. The van der Waals surface area contributed by atoms with Crippen LogP contribution in [0.3, 0.4) is 0 Å². The Morgan fingerprint density at radius 2 is 2.57 bits per heavy atom. The minimum Gasteiger partial charge on any atom is -0.434 e. The van der Waals surface area contributed by atoms with Gasteiger partial charge in [0, 0.05) is 0 Å². The summed E-state index contributed by atoms with van der Waals surface area (Å²) in [4.78, 5) is 8.60. The molecule has 0 radical (unpaired) electrons. The zero-order valence-corrected chi connectivity index (χ0v) is 5.51. The average molecular weight is 112 g/mol.